The molecule has 1 aromatic rings. The molecule has 1 fully saturated rings. The van der Waals surface area contributed by atoms with Gasteiger partial charge in [0, 0.05) is 10.9 Å². The maximum Gasteiger partial charge on any atom is 0.0889 e. The van der Waals surface area contributed by atoms with Gasteiger partial charge in [0.1, 0.15) is 0 Å². The number of piperidine rings is 1. The second-order valence-corrected chi connectivity index (χ2v) is 5.12. The molecule has 1 saturated heterocycles. The standard InChI is InChI=1S/C12H19NOS.ClH/c1-10(12-6-4-8-15-12)14-9-11-5-2-3-7-13-11;/h4,6,8,10-11,13H,2-3,5,7,9H2,1H3;1H. The topological polar surface area (TPSA) is 21.3 Å². The summed E-state index contributed by atoms with van der Waals surface area (Å²) in [4.78, 5) is 1.32. The highest BCUT2D eigenvalue weighted by atomic mass is 35.5. The Bertz CT molecular complexity index is 273. The van der Waals surface area contributed by atoms with Crippen LogP contribution in [0.3, 0.4) is 0 Å². The van der Waals surface area contributed by atoms with Crippen LogP contribution in [0.1, 0.15) is 37.2 Å². The summed E-state index contributed by atoms with van der Waals surface area (Å²) >= 11 is 1.77. The van der Waals surface area contributed by atoms with Gasteiger partial charge in [-0.25, -0.2) is 0 Å². The minimum Gasteiger partial charge on any atom is -0.371 e. The number of hydrogen-bond donors (Lipinski definition) is 1. The molecule has 2 unspecified atom stereocenters. The Kier molecular flexibility index (Phi) is 6.36. The average Bonchev–Trinajstić information content (AvgIpc) is 2.81. The normalized spacial score (nSPS) is 22.4. The molecular formula is C12H20ClNOS. The molecule has 1 N–H and O–H groups in total. The fourth-order valence-corrected chi connectivity index (χ4v) is 2.66. The van der Waals surface area contributed by atoms with Crippen LogP contribution in [0.2, 0.25) is 0 Å². The van der Waals surface area contributed by atoms with Crippen molar-refractivity contribution in [1.82, 2.24) is 5.32 Å². The molecule has 0 aromatic carbocycles. The Labute approximate surface area is 108 Å². The van der Waals surface area contributed by atoms with Crippen LogP contribution in [0.25, 0.3) is 0 Å². The zero-order valence-corrected chi connectivity index (χ0v) is 11.3. The molecule has 1 aliphatic rings. The minimum atomic E-state index is 0. The average molecular weight is 262 g/mol. The lowest BCUT2D eigenvalue weighted by Crippen LogP contribution is -2.37. The molecule has 0 bridgehead atoms. The van der Waals surface area contributed by atoms with Gasteiger partial charge in [0.25, 0.3) is 0 Å². The van der Waals surface area contributed by atoms with Crippen LogP contribution in [0.15, 0.2) is 17.5 Å². The van der Waals surface area contributed by atoms with E-state index in [0.29, 0.717) is 6.04 Å². The molecule has 2 heterocycles. The van der Waals surface area contributed by atoms with E-state index in [0.717, 1.165) is 13.2 Å². The Balaban J connectivity index is 0.00000128. The van der Waals surface area contributed by atoms with E-state index in [2.05, 4.69) is 29.8 Å². The predicted molar refractivity (Wildman–Crippen MR) is 71.6 cm³/mol. The summed E-state index contributed by atoms with van der Waals surface area (Å²) in [5, 5.41) is 5.60. The molecule has 0 radical (unpaired) electrons. The van der Waals surface area contributed by atoms with Crippen molar-refractivity contribution < 1.29 is 4.74 Å². The summed E-state index contributed by atoms with van der Waals surface area (Å²) in [6.07, 6.45) is 4.16. The van der Waals surface area contributed by atoms with Crippen LogP contribution in [0.5, 0.6) is 0 Å². The molecule has 2 rings (SSSR count). The lowest BCUT2D eigenvalue weighted by atomic mass is 10.1. The lowest BCUT2D eigenvalue weighted by Gasteiger charge is -2.24. The molecule has 1 aliphatic heterocycles. The summed E-state index contributed by atoms with van der Waals surface area (Å²) in [7, 11) is 0. The van der Waals surface area contributed by atoms with Gasteiger partial charge >= 0.3 is 0 Å². The lowest BCUT2D eigenvalue weighted by molar-refractivity contribution is 0.0461. The number of halogens is 1. The van der Waals surface area contributed by atoms with Crippen LogP contribution in [-0.2, 0) is 4.74 Å². The van der Waals surface area contributed by atoms with Crippen molar-refractivity contribution in [2.45, 2.75) is 38.3 Å². The molecule has 16 heavy (non-hydrogen) atoms. The van der Waals surface area contributed by atoms with E-state index in [1.807, 2.05) is 0 Å². The van der Waals surface area contributed by atoms with Gasteiger partial charge in [-0.2, -0.15) is 0 Å². The van der Waals surface area contributed by atoms with Crippen molar-refractivity contribution in [3.05, 3.63) is 22.4 Å². The largest absolute Gasteiger partial charge is 0.371 e. The van der Waals surface area contributed by atoms with E-state index in [1.54, 1.807) is 11.3 Å². The van der Waals surface area contributed by atoms with Crippen LogP contribution >= 0.6 is 23.7 Å². The molecule has 2 nitrogen and oxygen atoms in total. The third kappa shape index (κ3) is 4.06. The Morgan fingerprint density at radius 2 is 2.44 bits per heavy atom. The molecule has 4 heteroatoms. The number of thiophene rings is 1. The van der Waals surface area contributed by atoms with Crippen LogP contribution in [-0.4, -0.2) is 19.2 Å². The van der Waals surface area contributed by atoms with E-state index in [1.165, 1.54) is 24.1 Å². The maximum atomic E-state index is 5.87. The molecule has 0 aliphatic carbocycles. The van der Waals surface area contributed by atoms with Gasteiger partial charge < -0.3 is 10.1 Å². The van der Waals surface area contributed by atoms with E-state index < -0.39 is 0 Å². The van der Waals surface area contributed by atoms with Crippen molar-refractivity contribution in [3.63, 3.8) is 0 Å². The fraction of sp³-hybridized carbons (Fsp3) is 0.667. The van der Waals surface area contributed by atoms with Gasteiger partial charge in [-0.15, -0.1) is 23.7 Å². The highest BCUT2D eigenvalue weighted by Crippen LogP contribution is 2.22. The van der Waals surface area contributed by atoms with Crippen molar-refractivity contribution in [2.75, 3.05) is 13.2 Å². The zero-order chi connectivity index (χ0) is 10.5. The van der Waals surface area contributed by atoms with Crippen LogP contribution < -0.4 is 5.32 Å². The van der Waals surface area contributed by atoms with Crippen LogP contribution in [0, 0.1) is 0 Å². The Morgan fingerprint density at radius 3 is 3.06 bits per heavy atom. The number of ether oxygens (including phenoxy) is 1. The first kappa shape index (κ1) is 14.0. The second-order valence-electron chi connectivity index (χ2n) is 4.14. The van der Waals surface area contributed by atoms with Crippen molar-refractivity contribution >= 4 is 23.7 Å². The predicted octanol–water partition coefficient (Wildman–Crippen LogP) is 3.39. The summed E-state index contributed by atoms with van der Waals surface area (Å²) < 4.78 is 5.87. The Morgan fingerprint density at radius 1 is 1.56 bits per heavy atom. The van der Waals surface area contributed by atoms with Crippen LogP contribution in [0.4, 0.5) is 0 Å². The monoisotopic (exact) mass is 261 g/mol. The molecule has 0 saturated carbocycles. The SMILES string of the molecule is CC(OCC1CCCCN1)c1cccs1.Cl. The van der Waals surface area contributed by atoms with Crippen molar-refractivity contribution in [1.29, 1.82) is 0 Å². The molecule has 1 aromatic heterocycles. The summed E-state index contributed by atoms with van der Waals surface area (Å²) in [6, 6.07) is 4.80. The first-order valence-corrected chi connectivity index (χ1v) is 6.62. The second kappa shape index (κ2) is 7.28. The van der Waals surface area contributed by atoms with E-state index in [9.17, 15) is 0 Å². The van der Waals surface area contributed by atoms with E-state index in [4.69, 9.17) is 4.74 Å². The van der Waals surface area contributed by atoms with Gasteiger partial charge in [0.2, 0.25) is 0 Å². The highest BCUT2D eigenvalue weighted by Gasteiger charge is 2.14. The van der Waals surface area contributed by atoms with Gasteiger partial charge in [-0.05, 0) is 37.8 Å². The smallest absolute Gasteiger partial charge is 0.0889 e. The first-order chi connectivity index (χ1) is 7.36. The van der Waals surface area contributed by atoms with Gasteiger partial charge in [-0.3, -0.25) is 0 Å². The van der Waals surface area contributed by atoms with E-state index >= 15 is 0 Å². The van der Waals surface area contributed by atoms with Gasteiger partial charge in [0.05, 0.1) is 12.7 Å². The van der Waals surface area contributed by atoms with Gasteiger partial charge in [-0.1, -0.05) is 12.5 Å². The quantitative estimate of drug-likeness (QED) is 0.897. The van der Waals surface area contributed by atoms with Crippen molar-refractivity contribution in [2.24, 2.45) is 0 Å². The molecule has 92 valence electrons. The zero-order valence-electron chi connectivity index (χ0n) is 9.65. The number of nitrogens with one attached hydrogen (secondary N) is 1. The van der Waals surface area contributed by atoms with Gasteiger partial charge in [0.15, 0.2) is 0 Å². The van der Waals surface area contributed by atoms with Crippen molar-refractivity contribution in [3.8, 4) is 0 Å². The molecule has 0 amide bonds. The summed E-state index contributed by atoms with van der Waals surface area (Å²) in [5.74, 6) is 0. The number of hydrogen-bond acceptors (Lipinski definition) is 3. The minimum absolute atomic E-state index is 0. The summed E-state index contributed by atoms with van der Waals surface area (Å²) in [5.41, 5.74) is 0. The number of rotatable bonds is 4. The molecule has 2 atom stereocenters. The fourth-order valence-electron chi connectivity index (χ4n) is 1.93. The first-order valence-electron chi connectivity index (χ1n) is 5.74. The highest BCUT2D eigenvalue weighted by molar-refractivity contribution is 7.10. The third-order valence-electron chi connectivity index (χ3n) is 2.90. The summed E-state index contributed by atoms with van der Waals surface area (Å²) in [6.45, 7) is 4.13. The Hall–Kier alpha value is -0.0900. The molecule has 0 spiro atoms. The van der Waals surface area contributed by atoms with E-state index in [-0.39, 0.29) is 18.5 Å². The maximum absolute atomic E-state index is 5.87. The molecular weight excluding hydrogens is 242 g/mol. The third-order valence-corrected chi connectivity index (χ3v) is 3.94.